The lowest BCUT2D eigenvalue weighted by Gasteiger charge is -2.22. The van der Waals surface area contributed by atoms with E-state index in [2.05, 4.69) is 26.1 Å². The Morgan fingerprint density at radius 2 is 1.88 bits per heavy atom. The number of hydrogen-bond donors (Lipinski definition) is 2. The Hall–Kier alpha value is -0.860. The molecular weight excluding hydrogens is 210 g/mol. The van der Waals surface area contributed by atoms with Crippen molar-refractivity contribution in [1.29, 1.82) is 0 Å². The topological polar surface area (TPSA) is 32.3 Å². The van der Waals surface area contributed by atoms with Gasteiger partial charge in [-0.1, -0.05) is 44.5 Å². The summed E-state index contributed by atoms with van der Waals surface area (Å²) in [5.41, 5.74) is 2.18. The fourth-order valence-electron chi connectivity index (χ4n) is 1.92. The van der Waals surface area contributed by atoms with Gasteiger partial charge in [0.1, 0.15) is 0 Å². The highest BCUT2D eigenvalue weighted by molar-refractivity contribution is 5.27. The van der Waals surface area contributed by atoms with Gasteiger partial charge in [0.15, 0.2) is 0 Å². The number of hydrogen-bond acceptors (Lipinski definition) is 2. The third kappa shape index (κ3) is 4.14. The Morgan fingerprint density at radius 3 is 2.47 bits per heavy atom. The largest absolute Gasteiger partial charge is 0.387 e. The summed E-state index contributed by atoms with van der Waals surface area (Å²) >= 11 is 0. The second-order valence-electron chi connectivity index (χ2n) is 4.95. The van der Waals surface area contributed by atoms with Gasteiger partial charge in [-0.05, 0) is 30.9 Å². The van der Waals surface area contributed by atoms with E-state index in [1.165, 1.54) is 0 Å². The molecule has 2 heteroatoms. The molecule has 0 bridgehead atoms. The molecular formula is C15H25NO. The summed E-state index contributed by atoms with van der Waals surface area (Å²) in [6.45, 7) is 9.27. The van der Waals surface area contributed by atoms with E-state index >= 15 is 0 Å². The molecule has 0 aliphatic heterocycles. The molecule has 0 fully saturated rings. The van der Waals surface area contributed by atoms with E-state index in [-0.39, 0.29) is 0 Å². The molecule has 0 spiro atoms. The van der Waals surface area contributed by atoms with Gasteiger partial charge in [-0.2, -0.15) is 0 Å². The zero-order valence-electron chi connectivity index (χ0n) is 11.4. The second-order valence-corrected chi connectivity index (χ2v) is 4.95. The summed E-state index contributed by atoms with van der Waals surface area (Å²) in [6, 6.07) is 8.45. The van der Waals surface area contributed by atoms with Crippen molar-refractivity contribution >= 4 is 0 Å². The molecule has 0 heterocycles. The molecule has 0 aromatic heterocycles. The average molecular weight is 235 g/mol. The fourth-order valence-corrected chi connectivity index (χ4v) is 1.92. The SMILES string of the molecule is CCC(C)C(C)NCC(O)c1ccccc1C. The number of nitrogens with one attached hydrogen (secondary N) is 1. The highest BCUT2D eigenvalue weighted by Crippen LogP contribution is 2.17. The Kier molecular flexibility index (Phi) is 5.66. The lowest BCUT2D eigenvalue weighted by molar-refractivity contribution is 0.165. The lowest BCUT2D eigenvalue weighted by Crippen LogP contribution is -2.35. The Labute approximate surface area is 105 Å². The predicted octanol–water partition coefficient (Wildman–Crippen LogP) is 3.05. The summed E-state index contributed by atoms with van der Waals surface area (Å²) in [4.78, 5) is 0. The van der Waals surface area contributed by atoms with E-state index in [1.807, 2.05) is 31.2 Å². The van der Waals surface area contributed by atoms with Crippen LogP contribution in [0.4, 0.5) is 0 Å². The zero-order chi connectivity index (χ0) is 12.8. The van der Waals surface area contributed by atoms with Gasteiger partial charge in [-0.3, -0.25) is 0 Å². The van der Waals surface area contributed by atoms with Crippen LogP contribution in [-0.2, 0) is 0 Å². The van der Waals surface area contributed by atoms with Crippen LogP contribution >= 0.6 is 0 Å². The molecule has 2 N–H and O–H groups in total. The van der Waals surface area contributed by atoms with Gasteiger partial charge in [0.25, 0.3) is 0 Å². The van der Waals surface area contributed by atoms with Crippen LogP contribution in [0.1, 0.15) is 44.4 Å². The standard InChI is InChI=1S/C15H25NO/c1-5-11(2)13(4)16-10-15(17)14-9-7-6-8-12(14)3/h6-9,11,13,15-17H,5,10H2,1-4H3. The monoisotopic (exact) mass is 235 g/mol. The number of aliphatic hydroxyl groups excluding tert-OH is 1. The first-order valence-corrected chi connectivity index (χ1v) is 6.53. The van der Waals surface area contributed by atoms with Crippen LogP contribution in [-0.4, -0.2) is 17.7 Å². The van der Waals surface area contributed by atoms with Gasteiger partial charge < -0.3 is 10.4 Å². The molecule has 0 saturated heterocycles. The highest BCUT2D eigenvalue weighted by atomic mass is 16.3. The molecule has 1 aromatic rings. The van der Waals surface area contributed by atoms with Crippen LogP contribution in [0.15, 0.2) is 24.3 Å². The Bertz CT molecular complexity index is 337. The van der Waals surface area contributed by atoms with Gasteiger partial charge in [0.2, 0.25) is 0 Å². The molecule has 3 unspecified atom stereocenters. The smallest absolute Gasteiger partial charge is 0.0917 e. The highest BCUT2D eigenvalue weighted by Gasteiger charge is 2.13. The van der Waals surface area contributed by atoms with E-state index in [9.17, 15) is 5.11 Å². The van der Waals surface area contributed by atoms with Crippen molar-refractivity contribution in [3.63, 3.8) is 0 Å². The summed E-state index contributed by atoms with van der Waals surface area (Å²) in [5, 5.41) is 13.6. The van der Waals surface area contributed by atoms with E-state index in [0.29, 0.717) is 18.5 Å². The van der Waals surface area contributed by atoms with E-state index in [1.54, 1.807) is 0 Å². The third-order valence-corrected chi connectivity index (χ3v) is 3.68. The summed E-state index contributed by atoms with van der Waals surface area (Å²) in [5.74, 6) is 0.638. The molecule has 0 amide bonds. The Morgan fingerprint density at radius 1 is 1.24 bits per heavy atom. The molecule has 0 aliphatic carbocycles. The molecule has 17 heavy (non-hydrogen) atoms. The summed E-state index contributed by atoms with van der Waals surface area (Å²) in [6.07, 6.45) is 0.747. The number of benzene rings is 1. The van der Waals surface area contributed by atoms with Crippen molar-refractivity contribution in [3.8, 4) is 0 Å². The van der Waals surface area contributed by atoms with Crippen molar-refractivity contribution in [3.05, 3.63) is 35.4 Å². The van der Waals surface area contributed by atoms with Crippen molar-refractivity contribution in [2.24, 2.45) is 5.92 Å². The molecule has 1 aromatic carbocycles. The van der Waals surface area contributed by atoms with Crippen LogP contribution in [0.2, 0.25) is 0 Å². The van der Waals surface area contributed by atoms with Crippen LogP contribution in [0.3, 0.4) is 0 Å². The van der Waals surface area contributed by atoms with Crippen LogP contribution in [0.25, 0.3) is 0 Å². The first-order chi connectivity index (χ1) is 8.06. The molecule has 1 rings (SSSR count). The minimum atomic E-state index is -0.414. The van der Waals surface area contributed by atoms with Gasteiger partial charge >= 0.3 is 0 Å². The first kappa shape index (κ1) is 14.2. The van der Waals surface area contributed by atoms with E-state index < -0.39 is 6.10 Å². The zero-order valence-corrected chi connectivity index (χ0v) is 11.4. The molecule has 96 valence electrons. The predicted molar refractivity (Wildman–Crippen MR) is 73.1 cm³/mol. The lowest BCUT2D eigenvalue weighted by atomic mass is 9.99. The minimum absolute atomic E-state index is 0.414. The van der Waals surface area contributed by atoms with Crippen molar-refractivity contribution in [2.45, 2.75) is 46.3 Å². The van der Waals surface area contributed by atoms with Crippen molar-refractivity contribution < 1.29 is 5.11 Å². The van der Waals surface area contributed by atoms with Gasteiger partial charge in [0, 0.05) is 12.6 Å². The average Bonchev–Trinajstić information content (AvgIpc) is 2.35. The van der Waals surface area contributed by atoms with E-state index in [4.69, 9.17) is 0 Å². The number of rotatable bonds is 6. The maximum atomic E-state index is 10.1. The quantitative estimate of drug-likeness (QED) is 0.794. The second kappa shape index (κ2) is 6.77. The molecule has 0 aliphatic rings. The normalized spacial score (nSPS) is 16.5. The van der Waals surface area contributed by atoms with Crippen LogP contribution in [0, 0.1) is 12.8 Å². The van der Waals surface area contributed by atoms with Gasteiger partial charge in [0.05, 0.1) is 6.10 Å². The molecule has 2 nitrogen and oxygen atoms in total. The molecule has 0 radical (unpaired) electrons. The fraction of sp³-hybridized carbons (Fsp3) is 0.600. The maximum absolute atomic E-state index is 10.1. The number of aliphatic hydroxyl groups is 1. The molecule has 0 saturated carbocycles. The van der Waals surface area contributed by atoms with Crippen molar-refractivity contribution in [2.75, 3.05) is 6.54 Å². The maximum Gasteiger partial charge on any atom is 0.0917 e. The summed E-state index contributed by atoms with van der Waals surface area (Å²) in [7, 11) is 0. The molecule has 3 atom stereocenters. The van der Waals surface area contributed by atoms with E-state index in [0.717, 1.165) is 17.5 Å². The Balaban J connectivity index is 2.50. The van der Waals surface area contributed by atoms with Crippen LogP contribution in [0.5, 0.6) is 0 Å². The van der Waals surface area contributed by atoms with Crippen molar-refractivity contribution in [1.82, 2.24) is 5.32 Å². The minimum Gasteiger partial charge on any atom is -0.387 e. The van der Waals surface area contributed by atoms with Gasteiger partial charge in [-0.25, -0.2) is 0 Å². The third-order valence-electron chi connectivity index (χ3n) is 3.68. The van der Waals surface area contributed by atoms with Crippen LogP contribution < -0.4 is 5.32 Å². The first-order valence-electron chi connectivity index (χ1n) is 6.53. The van der Waals surface area contributed by atoms with Gasteiger partial charge in [-0.15, -0.1) is 0 Å². The number of aryl methyl sites for hydroxylation is 1. The summed E-state index contributed by atoms with van der Waals surface area (Å²) < 4.78 is 0.